The summed E-state index contributed by atoms with van der Waals surface area (Å²) in [6.07, 6.45) is 4.00. The molecule has 1 aromatic carbocycles. The second kappa shape index (κ2) is 5.81. The number of oxime groups is 1. The van der Waals surface area contributed by atoms with E-state index in [2.05, 4.69) is 44.6 Å². The van der Waals surface area contributed by atoms with Crippen molar-refractivity contribution in [1.29, 1.82) is 0 Å². The Labute approximate surface area is 139 Å². The molecule has 2 aromatic heterocycles. The van der Waals surface area contributed by atoms with Crippen LogP contribution in [-0.2, 0) is 19.3 Å². The average Bonchev–Trinajstić information content (AvgIpc) is 3.06. The minimum atomic E-state index is 0.137. The maximum Gasteiger partial charge on any atom is 0.145 e. The SMILES string of the molecule is NC(Cc1cc(-c2n[nH]c3c2CCc2ccccc2-3)ccn1)=NO. The van der Waals surface area contributed by atoms with Crippen LogP contribution < -0.4 is 5.73 Å². The van der Waals surface area contributed by atoms with Gasteiger partial charge in [0, 0.05) is 28.6 Å². The van der Waals surface area contributed by atoms with Gasteiger partial charge in [0.2, 0.25) is 0 Å². The van der Waals surface area contributed by atoms with Gasteiger partial charge < -0.3 is 10.9 Å². The Morgan fingerprint density at radius 2 is 2.12 bits per heavy atom. The van der Waals surface area contributed by atoms with E-state index in [1.807, 2.05) is 12.1 Å². The second-order valence-electron chi connectivity index (χ2n) is 5.89. The van der Waals surface area contributed by atoms with Crippen LogP contribution in [-0.4, -0.2) is 26.2 Å². The fraction of sp³-hybridized carbons (Fsp3) is 0.167. The van der Waals surface area contributed by atoms with Crippen molar-refractivity contribution in [2.45, 2.75) is 19.3 Å². The Balaban J connectivity index is 1.75. The number of fused-ring (bicyclic) bond motifs is 3. The van der Waals surface area contributed by atoms with Gasteiger partial charge in [0.1, 0.15) is 5.84 Å². The summed E-state index contributed by atoms with van der Waals surface area (Å²) in [5, 5.41) is 19.5. The Morgan fingerprint density at radius 1 is 1.25 bits per heavy atom. The first-order valence-corrected chi connectivity index (χ1v) is 7.83. The summed E-state index contributed by atoms with van der Waals surface area (Å²) in [4.78, 5) is 4.28. The molecule has 6 heteroatoms. The van der Waals surface area contributed by atoms with Crippen molar-refractivity contribution in [3.05, 3.63) is 59.4 Å². The average molecular weight is 319 g/mol. The Morgan fingerprint density at radius 3 is 3.00 bits per heavy atom. The third-order valence-corrected chi connectivity index (χ3v) is 4.38. The van der Waals surface area contributed by atoms with Crippen LogP contribution in [0.1, 0.15) is 16.8 Å². The molecule has 0 saturated heterocycles. The topological polar surface area (TPSA) is 100 Å². The van der Waals surface area contributed by atoms with E-state index in [0.717, 1.165) is 35.5 Å². The first-order valence-electron chi connectivity index (χ1n) is 7.83. The zero-order valence-electron chi connectivity index (χ0n) is 13.0. The van der Waals surface area contributed by atoms with Crippen LogP contribution in [0.25, 0.3) is 22.5 Å². The van der Waals surface area contributed by atoms with Crippen molar-refractivity contribution >= 4 is 5.84 Å². The minimum absolute atomic E-state index is 0.137. The van der Waals surface area contributed by atoms with E-state index < -0.39 is 0 Å². The molecule has 0 saturated carbocycles. The Kier molecular flexibility index (Phi) is 3.49. The number of aromatic nitrogens is 3. The summed E-state index contributed by atoms with van der Waals surface area (Å²) in [7, 11) is 0. The van der Waals surface area contributed by atoms with Gasteiger partial charge in [-0.05, 0) is 30.5 Å². The minimum Gasteiger partial charge on any atom is -0.409 e. The van der Waals surface area contributed by atoms with Gasteiger partial charge in [-0.25, -0.2) is 0 Å². The highest BCUT2D eigenvalue weighted by atomic mass is 16.4. The predicted molar refractivity (Wildman–Crippen MR) is 91.8 cm³/mol. The summed E-state index contributed by atoms with van der Waals surface area (Å²) in [6, 6.07) is 12.3. The van der Waals surface area contributed by atoms with E-state index in [4.69, 9.17) is 10.9 Å². The van der Waals surface area contributed by atoms with E-state index in [0.29, 0.717) is 6.42 Å². The molecule has 0 bridgehead atoms. The van der Waals surface area contributed by atoms with Gasteiger partial charge >= 0.3 is 0 Å². The van der Waals surface area contributed by atoms with E-state index in [1.54, 1.807) is 6.20 Å². The number of aryl methyl sites for hydroxylation is 1. The van der Waals surface area contributed by atoms with Crippen LogP contribution in [0.4, 0.5) is 0 Å². The van der Waals surface area contributed by atoms with E-state index in [-0.39, 0.29) is 5.84 Å². The normalized spacial score (nSPS) is 13.4. The lowest BCUT2D eigenvalue weighted by atomic mass is 9.88. The van der Waals surface area contributed by atoms with Crippen LogP contribution >= 0.6 is 0 Å². The Hall–Kier alpha value is -3.15. The van der Waals surface area contributed by atoms with Gasteiger partial charge in [0.15, 0.2) is 0 Å². The van der Waals surface area contributed by atoms with Crippen molar-refractivity contribution in [2.75, 3.05) is 0 Å². The molecule has 0 aliphatic heterocycles. The first kappa shape index (κ1) is 14.4. The number of H-pyrrole nitrogens is 1. The van der Waals surface area contributed by atoms with Crippen LogP contribution in [0, 0.1) is 0 Å². The molecule has 0 unspecified atom stereocenters. The molecule has 120 valence electrons. The highest BCUT2D eigenvalue weighted by Crippen LogP contribution is 2.36. The number of rotatable bonds is 3. The van der Waals surface area contributed by atoms with Crippen molar-refractivity contribution in [3.63, 3.8) is 0 Å². The molecular weight excluding hydrogens is 302 g/mol. The summed E-state index contributed by atoms with van der Waals surface area (Å²) in [6.45, 7) is 0. The predicted octanol–water partition coefficient (Wildman–Crippen LogP) is 2.53. The number of pyridine rings is 1. The zero-order chi connectivity index (χ0) is 16.5. The third kappa shape index (κ3) is 2.42. The van der Waals surface area contributed by atoms with Crippen LogP contribution in [0.15, 0.2) is 47.8 Å². The fourth-order valence-electron chi connectivity index (χ4n) is 3.26. The monoisotopic (exact) mass is 319 g/mol. The van der Waals surface area contributed by atoms with Crippen LogP contribution in [0.5, 0.6) is 0 Å². The van der Waals surface area contributed by atoms with Gasteiger partial charge in [-0.3, -0.25) is 10.1 Å². The van der Waals surface area contributed by atoms with Gasteiger partial charge in [0.25, 0.3) is 0 Å². The number of nitrogens with zero attached hydrogens (tertiary/aromatic N) is 3. The molecule has 3 aromatic rings. The molecule has 0 amide bonds. The number of amidine groups is 1. The van der Waals surface area contributed by atoms with Crippen molar-refractivity contribution < 1.29 is 5.21 Å². The molecule has 4 rings (SSSR count). The maximum absolute atomic E-state index is 8.72. The number of hydrogen-bond acceptors (Lipinski definition) is 4. The van der Waals surface area contributed by atoms with Crippen LogP contribution in [0.2, 0.25) is 0 Å². The smallest absolute Gasteiger partial charge is 0.145 e. The van der Waals surface area contributed by atoms with E-state index >= 15 is 0 Å². The molecule has 2 heterocycles. The van der Waals surface area contributed by atoms with Gasteiger partial charge in [-0.15, -0.1) is 0 Å². The number of benzene rings is 1. The summed E-state index contributed by atoms with van der Waals surface area (Å²) < 4.78 is 0. The molecular formula is C18H17N5O. The molecule has 0 radical (unpaired) electrons. The Bertz CT molecular complexity index is 929. The highest BCUT2D eigenvalue weighted by Gasteiger charge is 2.22. The molecule has 4 N–H and O–H groups in total. The third-order valence-electron chi connectivity index (χ3n) is 4.38. The number of nitrogens with one attached hydrogen (secondary N) is 1. The molecule has 0 atom stereocenters. The van der Waals surface area contributed by atoms with Crippen molar-refractivity contribution in [3.8, 4) is 22.5 Å². The van der Waals surface area contributed by atoms with Gasteiger partial charge in [-0.1, -0.05) is 29.4 Å². The second-order valence-corrected chi connectivity index (χ2v) is 5.89. The van der Waals surface area contributed by atoms with Crippen molar-refractivity contribution in [1.82, 2.24) is 15.2 Å². The standard InChI is InChI=1S/C18H17N5O/c19-16(23-24)10-13-9-12(7-8-20-13)17-15-6-5-11-3-1-2-4-14(11)18(15)22-21-17/h1-4,7-9,24H,5-6,10H2,(H2,19,23)(H,21,22). The van der Waals surface area contributed by atoms with Crippen LogP contribution in [0.3, 0.4) is 0 Å². The lowest BCUT2D eigenvalue weighted by Crippen LogP contribution is -2.15. The fourth-order valence-corrected chi connectivity index (χ4v) is 3.26. The largest absolute Gasteiger partial charge is 0.409 e. The highest BCUT2D eigenvalue weighted by molar-refractivity contribution is 5.82. The molecule has 1 aliphatic carbocycles. The maximum atomic E-state index is 8.72. The summed E-state index contributed by atoms with van der Waals surface area (Å²) in [5.41, 5.74) is 13.2. The summed E-state index contributed by atoms with van der Waals surface area (Å²) >= 11 is 0. The molecule has 0 spiro atoms. The molecule has 0 fully saturated rings. The molecule has 1 aliphatic rings. The van der Waals surface area contributed by atoms with Crippen molar-refractivity contribution in [2.24, 2.45) is 10.9 Å². The number of aromatic amines is 1. The lowest BCUT2D eigenvalue weighted by molar-refractivity contribution is 0.317. The zero-order valence-corrected chi connectivity index (χ0v) is 13.0. The van der Waals surface area contributed by atoms with Gasteiger partial charge in [0.05, 0.1) is 17.8 Å². The number of hydrogen-bond donors (Lipinski definition) is 3. The van der Waals surface area contributed by atoms with E-state index in [1.165, 1.54) is 16.7 Å². The van der Waals surface area contributed by atoms with E-state index in [9.17, 15) is 0 Å². The number of nitrogens with two attached hydrogens (primary N) is 1. The summed E-state index contributed by atoms with van der Waals surface area (Å²) in [5.74, 6) is 0.137. The quantitative estimate of drug-likeness (QED) is 0.299. The van der Waals surface area contributed by atoms with Gasteiger partial charge in [-0.2, -0.15) is 5.10 Å². The lowest BCUT2D eigenvalue weighted by Gasteiger charge is -2.16. The molecule has 24 heavy (non-hydrogen) atoms. The molecule has 6 nitrogen and oxygen atoms in total. The first-order chi connectivity index (χ1) is 11.8.